The summed E-state index contributed by atoms with van der Waals surface area (Å²) in [6, 6.07) is 3.14. The van der Waals surface area contributed by atoms with Gasteiger partial charge in [0.1, 0.15) is 5.82 Å². The van der Waals surface area contributed by atoms with Gasteiger partial charge in [-0.05, 0) is 31.5 Å². The molecule has 0 saturated heterocycles. The summed E-state index contributed by atoms with van der Waals surface area (Å²) >= 11 is 3.20. The van der Waals surface area contributed by atoms with Crippen molar-refractivity contribution >= 4 is 15.9 Å². The van der Waals surface area contributed by atoms with Crippen LogP contribution in [0.25, 0.3) is 0 Å². The molecule has 6 heteroatoms. The first-order valence-electron chi connectivity index (χ1n) is 5.47. The van der Waals surface area contributed by atoms with Gasteiger partial charge in [0.05, 0.1) is 6.42 Å². The molecule has 1 N–H and O–H groups in total. The van der Waals surface area contributed by atoms with Gasteiger partial charge in [-0.1, -0.05) is 22.0 Å². The first kappa shape index (κ1) is 15.4. The summed E-state index contributed by atoms with van der Waals surface area (Å²) in [6.07, 6.45) is -5.08. The molecule has 1 nitrogen and oxygen atoms in total. The predicted octanol–water partition coefficient (Wildman–Crippen LogP) is 4.58. The van der Waals surface area contributed by atoms with Gasteiger partial charge in [0.25, 0.3) is 0 Å². The van der Waals surface area contributed by atoms with Crippen LogP contribution in [0.4, 0.5) is 17.6 Å². The van der Waals surface area contributed by atoms with Gasteiger partial charge in [0.2, 0.25) is 0 Å². The molecule has 0 radical (unpaired) electrons. The molecule has 0 aliphatic carbocycles. The number of halogens is 5. The zero-order valence-electron chi connectivity index (χ0n) is 9.98. The Bertz CT molecular complexity index is 406. The van der Waals surface area contributed by atoms with Crippen LogP contribution in [0.3, 0.4) is 0 Å². The van der Waals surface area contributed by atoms with Gasteiger partial charge in [-0.15, -0.1) is 0 Å². The minimum absolute atomic E-state index is 0.294. The van der Waals surface area contributed by atoms with Crippen LogP contribution in [0.1, 0.15) is 31.9 Å². The lowest BCUT2D eigenvalue weighted by molar-refractivity contribution is -0.139. The second-order valence-corrected chi connectivity index (χ2v) is 5.13. The van der Waals surface area contributed by atoms with Crippen molar-refractivity contribution in [2.75, 3.05) is 0 Å². The van der Waals surface area contributed by atoms with Crippen molar-refractivity contribution in [1.82, 2.24) is 5.32 Å². The van der Waals surface area contributed by atoms with Crippen LogP contribution in [0.2, 0.25) is 0 Å². The zero-order valence-corrected chi connectivity index (χ0v) is 11.6. The topological polar surface area (TPSA) is 12.0 Å². The van der Waals surface area contributed by atoms with E-state index < -0.39 is 18.6 Å². The van der Waals surface area contributed by atoms with Gasteiger partial charge in [-0.3, -0.25) is 0 Å². The lowest BCUT2D eigenvalue weighted by Crippen LogP contribution is -2.33. The van der Waals surface area contributed by atoms with Crippen molar-refractivity contribution in [3.8, 4) is 0 Å². The number of alkyl halides is 3. The maximum atomic E-state index is 12.9. The van der Waals surface area contributed by atoms with Gasteiger partial charge in [-0.2, -0.15) is 13.2 Å². The molecule has 0 heterocycles. The maximum Gasteiger partial charge on any atom is 0.390 e. The van der Waals surface area contributed by atoms with E-state index in [1.54, 1.807) is 13.0 Å². The SMILES string of the molecule is CC(CC(F)(F)F)NC(C)c1ccc(F)cc1Br. The molecule has 1 aromatic carbocycles. The smallest absolute Gasteiger partial charge is 0.307 e. The standard InChI is InChI=1S/C12H14BrF4N/c1-7(6-12(15,16)17)18-8(2)10-4-3-9(14)5-11(10)13/h3-5,7-8,18H,6H2,1-2H3. The van der Waals surface area contributed by atoms with E-state index in [1.807, 2.05) is 0 Å². The molecule has 102 valence electrons. The molecule has 0 spiro atoms. The number of nitrogens with one attached hydrogen (secondary N) is 1. The Morgan fingerprint density at radius 3 is 2.39 bits per heavy atom. The normalized spacial score (nSPS) is 15.5. The van der Waals surface area contributed by atoms with Crippen LogP contribution >= 0.6 is 15.9 Å². The van der Waals surface area contributed by atoms with E-state index in [0.717, 1.165) is 5.56 Å². The fraction of sp³-hybridized carbons (Fsp3) is 0.500. The summed E-state index contributed by atoms with van der Waals surface area (Å²) in [4.78, 5) is 0. The fourth-order valence-corrected chi connectivity index (χ4v) is 2.47. The lowest BCUT2D eigenvalue weighted by atomic mass is 10.1. The van der Waals surface area contributed by atoms with Crippen molar-refractivity contribution in [1.29, 1.82) is 0 Å². The minimum Gasteiger partial charge on any atom is -0.307 e. The van der Waals surface area contributed by atoms with Crippen molar-refractivity contribution in [3.05, 3.63) is 34.1 Å². The Morgan fingerprint density at radius 1 is 1.28 bits per heavy atom. The monoisotopic (exact) mass is 327 g/mol. The second-order valence-electron chi connectivity index (χ2n) is 4.27. The third kappa shape index (κ3) is 4.94. The van der Waals surface area contributed by atoms with Crippen molar-refractivity contribution < 1.29 is 17.6 Å². The third-order valence-corrected chi connectivity index (χ3v) is 3.19. The fourth-order valence-electron chi connectivity index (χ4n) is 1.78. The molecule has 0 saturated carbocycles. The summed E-state index contributed by atoms with van der Waals surface area (Å²) in [7, 11) is 0. The summed E-state index contributed by atoms with van der Waals surface area (Å²) in [5.74, 6) is -0.388. The van der Waals surface area contributed by atoms with E-state index in [-0.39, 0.29) is 11.9 Å². The molecule has 1 aromatic rings. The molecular formula is C12H14BrF4N. The van der Waals surface area contributed by atoms with Gasteiger partial charge < -0.3 is 5.32 Å². The second kappa shape index (κ2) is 6.02. The molecule has 0 bridgehead atoms. The van der Waals surface area contributed by atoms with E-state index >= 15 is 0 Å². The quantitative estimate of drug-likeness (QED) is 0.798. The van der Waals surface area contributed by atoms with Gasteiger partial charge in [0.15, 0.2) is 0 Å². The van der Waals surface area contributed by atoms with Crippen molar-refractivity contribution in [3.63, 3.8) is 0 Å². The molecule has 0 amide bonds. The molecule has 0 aliphatic heterocycles. The van der Waals surface area contributed by atoms with Crippen molar-refractivity contribution in [2.45, 2.75) is 38.5 Å². The van der Waals surface area contributed by atoms with Gasteiger partial charge in [-0.25, -0.2) is 4.39 Å². The average molecular weight is 328 g/mol. The van der Waals surface area contributed by atoms with Crippen LogP contribution in [0.5, 0.6) is 0 Å². The van der Waals surface area contributed by atoms with Crippen LogP contribution in [0, 0.1) is 5.82 Å². The summed E-state index contributed by atoms with van der Waals surface area (Å²) in [5, 5.41) is 2.84. The van der Waals surface area contributed by atoms with Crippen LogP contribution in [-0.2, 0) is 0 Å². The highest BCUT2D eigenvalue weighted by Crippen LogP contribution is 2.26. The molecule has 2 unspecified atom stereocenters. The van der Waals surface area contributed by atoms with Gasteiger partial charge >= 0.3 is 6.18 Å². The number of benzene rings is 1. The highest BCUT2D eigenvalue weighted by Gasteiger charge is 2.30. The van der Waals surface area contributed by atoms with Crippen LogP contribution in [-0.4, -0.2) is 12.2 Å². The molecule has 1 rings (SSSR count). The van der Waals surface area contributed by atoms with E-state index in [0.29, 0.717) is 4.47 Å². The lowest BCUT2D eigenvalue weighted by Gasteiger charge is -2.22. The maximum absolute atomic E-state index is 12.9. The Kier molecular flexibility index (Phi) is 5.16. The Hall–Kier alpha value is -0.620. The summed E-state index contributed by atoms with van der Waals surface area (Å²) < 4.78 is 50.0. The Balaban J connectivity index is 2.67. The molecule has 18 heavy (non-hydrogen) atoms. The highest BCUT2D eigenvalue weighted by molar-refractivity contribution is 9.10. The van der Waals surface area contributed by atoms with Crippen LogP contribution < -0.4 is 5.32 Å². The Labute approximate surface area is 112 Å². The number of hydrogen-bond donors (Lipinski definition) is 1. The van der Waals surface area contributed by atoms with E-state index in [4.69, 9.17) is 0 Å². The minimum atomic E-state index is -4.19. The largest absolute Gasteiger partial charge is 0.390 e. The highest BCUT2D eigenvalue weighted by atomic mass is 79.9. The molecule has 0 fully saturated rings. The van der Waals surface area contributed by atoms with Crippen molar-refractivity contribution in [2.24, 2.45) is 0 Å². The first-order valence-corrected chi connectivity index (χ1v) is 6.26. The van der Waals surface area contributed by atoms with E-state index in [1.165, 1.54) is 19.1 Å². The molecular weight excluding hydrogens is 314 g/mol. The zero-order chi connectivity index (χ0) is 13.9. The van der Waals surface area contributed by atoms with E-state index in [9.17, 15) is 17.6 Å². The Morgan fingerprint density at radius 2 is 1.89 bits per heavy atom. The number of rotatable bonds is 4. The summed E-state index contributed by atoms with van der Waals surface area (Å²) in [5.41, 5.74) is 0.727. The third-order valence-electron chi connectivity index (χ3n) is 2.50. The molecule has 0 aromatic heterocycles. The summed E-state index contributed by atoms with van der Waals surface area (Å²) in [6.45, 7) is 3.21. The molecule has 2 atom stereocenters. The van der Waals surface area contributed by atoms with Gasteiger partial charge in [0, 0.05) is 16.6 Å². The first-order chi connectivity index (χ1) is 8.19. The predicted molar refractivity (Wildman–Crippen MR) is 65.8 cm³/mol. The number of hydrogen-bond acceptors (Lipinski definition) is 1. The van der Waals surface area contributed by atoms with Crippen LogP contribution in [0.15, 0.2) is 22.7 Å². The average Bonchev–Trinajstić information content (AvgIpc) is 2.13. The van der Waals surface area contributed by atoms with E-state index in [2.05, 4.69) is 21.2 Å². The molecule has 0 aliphatic rings.